The molecule has 0 aromatic carbocycles. The molecule has 0 aliphatic carbocycles. The zero-order chi connectivity index (χ0) is 12.5. The molecule has 2 nitrogen and oxygen atoms in total. The molecule has 0 aliphatic rings. The van der Waals surface area contributed by atoms with E-state index in [0.29, 0.717) is 0 Å². The van der Waals surface area contributed by atoms with E-state index in [-0.39, 0.29) is 6.20 Å². The van der Waals surface area contributed by atoms with Crippen molar-refractivity contribution in [1.29, 1.82) is 0 Å². The van der Waals surface area contributed by atoms with E-state index < -0.39 is 33.6 Å². The van der Waals surface area contributed by atoms with Crippen LogP contribution in [0.4, 0.5) is 26.3 Å². The van der Waals surface area contributed by atoms with Crippen LogP contribution in [0.15, 0.2) is 6.20 Å². The maximum atomic E-state index is 12.8. The van der Waals surface area contributed by atoms with E-state index >= 15 is 0 Å². The molecule has 0 atom stereocenters. The molecule has 0 bridgehead atoms. The molecular weight excluding hydrogens is 355 g/mol. The summed E-state index contributed by atoms with van der Waals surface area (Å²) in [5, 5.41) is 0. The van der Waals surface area contributed by atoms with Crippen molar-refractivity contribution in [2.75, 3.05) is 0 Å². The van der Waals surface area contributed by atoms with Gasteiger partial charge in [0.15, 0.2) is 5.82 Å². The zero-order valence-electron chi connectivity index (χ0n) is 7.16. The first-order chi connectivity index (χ1) is 7.22. The molecule has 1 heterocycles. The van der Waals surface area contributed by atoms with Crippen molar-refractivity contribution in [1.82, 2.24) is 4.98 Å². The normalized spacial score (nSPS) is 12.0. The fourth-order valence-corrected chi connectivity index (χ4v) is 1.58. The summed E-state index contributed by atoms with van der Waals surface area (Å²) >= 11 is 1.11. The Morgan fingerprint density at radius 3 is 2.31 bits per heavy atom. The van der Waals surface area contributed by atoms with Gasteiger partial charge in [-0.05, 0) is 22.6 Å². The minimum absolute atomic E-state index is 0.255. The van der Waals surface area contributed by atoms with E-state index in [0.717, 1.165) is 22.6 Å². The highest BCUT2D eigenvalue weighted by Crippen LogP contribution is 2.33. The minimum Gasteiger partial charge on any atom is -0.387 e. The second-order valence-corrected chi connectivity index (χ2v) is 3.57. The first-order valence-corrected chi connectivity index (χ1v) is 4.68. The summed E-state index contributed by atoms with van der Waals surface area (Å²) in [5.41, 5.74) is -1.16. The molecular formula is C7H2F6INO. The van der Waals surface area contributed by atoms with E-state index in [9.17, 15) is 26.3 Å². The predicted octanol–water partition coefficient (Wildman–Crippen LogP) is 3.66. The number of ether oxygens (including phenoxy) is 1. The van der Waals surface area contributed by atoms with Gasteiger partial charge in [0.1, 0.15) is 0 Å². The average molecular weight is 357 g/mol. The quantitative estimate of drug-likeness (QED) is 0.596. The van der Waals surface area contributed by atoms with Crippen LogP contribution in [0.2, 0.25) is 0 Å². The third-order valence-electron chi connectivity index (χ3n) is 1.41. The molecule has 0 saturated carbocycles. The Bertz CT molecular complexity index is 393. The highest BCUT2D eigenvalue weighted by molar-refractivity contribution is 14.1. The number of rotatable bonds is 2. The van der Waals surface area contributed by atoms with E-state index in [1.807, 2.05) is 0 Å². The topological polar surface area (TPSA) is 22.1 Å². The van der Waals surface area contributed by atoms with Crippen molar-refractivity contribution < 1.29 is 31.1 Å². The SMILES string of the molecule is Fc1cnc(OC(F)(F)F)c(I)c1C(F)F. The van der Waals surface area contributed by atoms with Crippen molar-refractivity contribution in [3.63, 3.8) is 0 Å². The zero-order valence-corrected chi connectivity index (χ0v) is 9.31. The van der Waals surface area contributed by atoms with Gasteiger partial charge in [0.2, 0.25) is 5.88 Å². The Kier molecular flexibility index (Phi) is 3.86. The van der Waals surface area contributed by atoms with E-state index in [4.69, 9.17) is 0 Å². The Morgan fingerprint density at radius 1 is 1.31 bits per heavy atom. The van der Waals surface area contributed by atoms with Gasteiger partial charge in [-0.2, -0.15) is 0 Å². The summed E-state index contributed by atoms with van der Waals surface area (Å²) in [4.78, 5) is 2.95. The first kappa shape index (κ1) is 13.3. The summed E-state index contributed by atoms with van der Waals surface area (Å²) in [7, 11) is 0. The number of halogens is 7. The van der Waals surface area contributed by atoms with E-state index in [1.54, 1.807) is 0 Å². The van der Waals surface area contributed by atoms with Gasteiger partial charge >= 0.3 is 6.36 Å². The van der Waals surface area contributed by atoms with Crippen molar-refractivity contribution in [2.45, 2.75) is 12.8 Å². The van der Waals surface area contributed by atoms with Crippen LogP contribution >= 0.6 is 22.6 Å². The standard InChI is InChI=1S/C7H2F6INO/c8-2-1-15-6(16-7(11,12)13)4(14)3(2)5(9)10/h1,5H. The van der Waals surface area contributed by atoms with Crippen LogP contribution in [0.5, 0.6) is 5.88 Å². The number of pyridine rings is 1. The van der Waals surface area contributed by atoms with Gasteiger partial charge in [0.05, 0.1) is 15.3 Å². The van der Waals surface area contributed by atoms with Crippen LogP contribution in [0.1, 0.15) is 12.0 Å². The van der Waals surface area contributed by atoms with Crippen LogP contribution in [0, 0.1) is 9.39 Å². The fraction of sp³-hybridized carbons (Fsp3) is 0.286. The number of nitrogens with zero attached hydrogens (tertiary/aromatic N) is 1. The molecule has 0 saturated heterocycles. The van der Waals surface area contributed by atoms with Crippen molar-refractivity contribution in [3.8, 4) is 5.88 Å². The Hall–Kier alpha value is -0.740. The average Bonchev–Trinajstić information content (AvgIpc) is 2.07. The molecule has 0 aliphatic heterocycles. The van der Waals surface area contributed by atoms with Crippen LogP contribution in [-0.2, 0) is 0 Å². The summed E-state index contributed by atoms with van der Waals surface area (Å²) < 4.78 is 75.5. The van der Waals surface area contributed by atoms with E-state index in [2.05, 4.69) is 9.72 Å². The Balaban J connectivity index is 3.19. The molecule has 0 fully saturated rings. The van der Waals surface area contributed by atoms with Crippen LogP contribution < -0.4 is 4.74 Å². The smallest absolute Gasteiger partial charge is 0.387 e. The minimum atomic E-state index is -5.07. The molecule has 1 rings (SSSR count). The molecule has 0 spiro atoms. The summed E-state index contributed by atoms with van der Waals surface area (Å²) in [6.07, 6.45) is -8.06. The maximum absolute atomic E-state index is 12.8. The lowest BCUT2D eigenvalue weighted by atomic mass is 10.2. The molecule has 0 unspecified atom stereocenters. The second kappa shape index (κ2) is 4.63. The molecule has 0 amide bonds. The van der Waals surface area contributed by atoms with Crippen LogP contribution in [-0.4, -0.2) is 11.3 Å². The molecule has 1 aromatic rings. The highest BCUT2D eigenvalue weighted by Gasteiger charge is 2.34. The molecule has 0 radical (unpaired) electrons. The highest BCUT2D eigenvalue weighted by atomic mass is 127. The van der Waals surface area contributed by atoms with Crippen LogP contribution in [0.25, 0.3) is 0 Å². The fourth-order valence-electron chi connectivity index (χ4n) is 0.842. The van der Waals surface area contributed by atoms with Gasteiger partial charge in [-0.25, -0.2) is 18.2 Å². The third-order valence-corrected chi connectivity index (χ3v) is 2.45. The Labute approximate surface area is 98.7 Å². The third kappa shape index (κ3) is 3.12. The lowest BCUT2D eigenvalue weighted by Crippen LogP contribution is -2.19. The van der Waals surface area contributed by atoms with Gasteiger partial charge in [-0.15, -0.1) is 13.2 Å². The van der Waals surface area contributed by atoms with Gasteiger partial charge in [0, 0.05) is 0 Å². The van der Waals surface area contributed by atoms with E-state index in [1.165, 1.54) is 0 Å². The summed E-state index contributed by atoms with van der Waals surface area (Å²) in [6, 6.07) is 0. The van der Waals surface area contributed by atoms with Crippen molar-refractivity contribution in [2.24, 2.45) is 0 Å². The van der Waals surface area contributed by atoms with Gasteiger partial charge in [-0.3, -0.25) is 0 Å². The predicted molar refractivity (Wildman–Crippen MR) is 48.6 cm³/mol. The number of alkyl halides is 5. The number of hydrogen-bond donors (Lipinski definition) is 0. The van der Waals surface area contributed by atoms with Gasteiger partial charge in [0.25, 0.3) is 6.43 Å². The van der Waals surface area contributed by atoms with Crippen LogP contribution in [0.3, 0.4) is 0 Å². The molecule has 1 aromatic heterocycles. The molecule has 9 heteroatoms. The van der Waals surface area contributed by atoms with Gasteiger partial charge in [-0.1, -0.05) is 0 Å². The number of hydrogen-bond acceptors (Lipinski definition) is 2. The van der Waals surface area contributed by atoms with Crippen molar-refractivity contribution in [3.05, 3.63) is 21.1 Å². The number of aromatic nitrogens is 1. The largest absolute Gasteiger partial charge is 0.574 e. The summed E-state index contributed by atoms with van der Waals surface area (Å²) in [6.45, 7) is 0. The molecule has 0 N–H and O–H groups in total. The maximum Gasteiger partial charge on any atom is 0.574 e. The second-order valence-electron chi connectivity index (χ2n) is 2.49. The monoisotopic (exact) mass is 357 g/mol. The summed E-state index contributed by atoms with van der Waals surface area (Å²) in [5.74, 6) is -2.47. The van der Waals surface area contributed by atoms with Gasteiger partial charge < -0.3 is 4.74 Å². The molecule has 16 heavy (non-hydrogen) atoms. The van der Waals surface area contributed by atoms with Crippen molar-refractivity contribution >= 4 is 22.6 Å². The lowest BCUT2D eigenvalue weighted by molar-refractivity contribution is -0.276. The lowest BCUT2D eigenvalue weighted by Gasteiger charge is -2.12. The molecule has 90 valence electrons. The first-order valence-electron chi connectivity index (χ1n) is 3.60. The Morgan fingerprint density at radius 2 is 1.88 bits per heavy atom.